The molecule has 0 radical (unpaired) electrons. The summed E-state index contributed by atoms with van der Waals surface area (Å²) in [5.74, 6) is 1.38. The van der Waals surface area contributed by atoms with Crippen molar-refractivity contribution in [2.75, 3.05) is 11.9 Å². The van der Waals surface area contributed by atoms with Crippen molar-refractivity contribution in [3.8, 4) is 11.4 Å². The number of aromatic nitrogens is 2. The highest BCUT2D eigenvalue weighted by Crippen LogP contribution is 2.29. The van der Waals surface area contributed by atoms with Gasteiger partial charge in [0.2, 0.25) is 5.13 Å². The highest BCUT2D eigenvalue weighted by atomic mass is 79.9. The number of benzene rings is 1. The van der Waals surface area contributed by atoms with Gasteiger partial charge < -0.3 is 5.32 Å². The zero-order valence-corrected chi connectivity index (χ0v) is 13.1. The average molecular weight is 326 g/mol. The molecular formula is C13H16BrN3S. The van der Waals surface area contributed by atoms with Gasteiger partial charge in [0.1, 0.15) is 0 Å². The Morgan fingerprint density at radius 1 is 1.39 bits per heavy atom. The average Bonchev–Trinajstić information content (AvgIpc) is 2.75. The highest BCUT2D eigenvalue weighted by Gasteiger charge is 2.10. The van der Waals surface area contributed by atoms with Crippen LogP contribution in [-0.2, 0) is 0 Å². The van der Waals surface area contributed by atoms with Gasteiger partial charge in [0.25, 0.3) is 0 Å². The molecule has 0 amide bonds. The van der Waals surface area contributed by atoms with E-state index in [-0.39, 0.29) is 0 Å². The molecule has 2 rings (SSSR count). The summed E-state index contributed by atoms with van der Waals surface area (Å²) in [6.45, 7) is 7.33. The number of hydrogen-bond acceptors (Lipinski definition) is 4. The summed E-state index contributed by atoms with van der Waals surface area (Å²) >= 11 is 4.97. The molecule has 0 aliphatic heterocycles. The minimum atomic E-state index is 0.600. The molecular weight excluding hydrogens is 310 g/mol. The molecule has 18 heavy (non-hydrogen) atoms. The summed E-state index contributed by atoms with van der Waals surface area (Å²) in [7, 11) is 0. The van der Waals surface area contributed by atoms with E-state index in [0.29, 0.717) is 5.92 Å². The van der Waals surface area contributed by atoms with Crippen molar-refractivity contribution in [2.24, 2.45) is 5.92 Å². The van der Waals surface area contributed by atoms with Gasteiger partial charge in [0.15, 0.2) is 5.82 Å². The molecule has 3 nitrogen and oxygen atoms in total. The Labute approximate surface area is 120 Å². The third-order valence-electron chi connectivity index (χ3n) is 2.45. The number of halogens is 1. The fourth-order valence-corrected chi connectivity index (χ4v) is 2.76. The lowest BCUT2D eigenvalue weighted by molar-refractivity contribution is 0.688. The monoisotopic (exact) mass is 325 g/mol. The molecule has 1 N–H and O–H groups in total. The molecule has 0 spiro atoms. The maximum atomic E-state index is 4.51. The number of nitrogens with zero attached hydrogens (tertiary/aromatic N) is 2. The summed E-state index contributed by atoms with van der Waals surface area (Å²) in [5, 5.41) is 4.18. The van der Waals surface area contributed by atoms with Crippen LogP contribution in [0.5, 0.6) is 0 Å². The summed E-state index contributed by atoms with van der Waals surface area (Å²) < 4.78 is 5.43. The molecule has 0 atom stereocenters. The van der Waals surface area contributed by atoms with E-state index in [1.165, 1.54) is 17.1 Å². The first-order valence-corrected chi connectivity index (χ1v) is 7.47. The normalized spacial score (nSPS) is 10.9. The second-order valence-corrected chi connectivity index (χ2v) is 6.29. The second-order valence-electron chi connectivity index (χ2n) is 4.68. The Morgan fingerprint density at radius 2 is 2.17 bits per heavy atom. The molecule has 0 aliphatic rings. The van der Waals surface area contributed by atoms with E-state index in [9.17, 15) is 0 Å². The Kier molecular flexibility index (Phi) is 4.35. The van der Waals surface area contributed by atoms with E-state index in [1.807, 2.05) is 6.07 Å². The van der Waals surface area contributed by atoms with Crippen LogP contribution in [0.15, 0.2) is 22.7 Å². The van der Waals surface area contributed by atoms with Gasteiger partial charge in [-0.25, -0.2) is 0 Å². The van der Waals surface area contributed by atoms with Gasteiger partial charge in [0, 0.05) is 28.1 Å². The summed E-state index contributed by atoms with van der Waals surface area (Å²) in [6.07, 6.45) is 0. The van der Waals surface area contributed by atoms with Crippen LogP contribution in [0, 0.1) is 12.8 Å². The molecule has 0 bridgehead atoms. The third-order valence-corrected chi connectivity index (χ3v) is 3.78. The number of anilines is 1. The zero-order chi connectivity index (χ0) is 13.1. The highest BCUT2D eigenvalue weighted by molar-refractivity contribution is 9.10. The first-order valence-electron chi connectivity index (χ1n) is 5.90. The second kappa shape index (κ2) is 5.80. The molecule has 1 aromatic carbocycles. The summed E-state index contributed by atoms with van der Waals surface area (Å²) in [6, 6.07) is 6.20. The maximum Gasteiger partial charge on any atom is 0.202 e. The quantitative estimate of drug-likeness (QED) is 0.908. The zero-order valence-electron chi connectivity index (χ0n) is 10.7. The van der Waals surface area contributed by atoms with Crippen LogP contribution in [0.3, 0.4) is 0 Å². The molecule has 0 fully saturated rings. The summed E-state index contributed by atoms with van der Waals surface area (Å²) in [5.41, 5.74) is 2.26. The molecule has 0 saturated carbocycles. The first-order chi connectivity index (χ1) is 8.56. The van der Waals surface area contributed by atoms with Gasteiger partial charge in [-0.3, -0.25) is 0 Å². The molecule has 1 aromatic heterocycles. The fraction of sp³-hybridized carbons (Fsp3) is 0.385. The van der Waals surface area contributed by atoms with E-state index < -0.39 is 0 Å². The molecule has 5 heteroatoms. The lowest BCUT2D eigenvalue weighted by atomic mass is 10.1. The van der Waals surface area contributed by atoms with Crippen LogP contribution in [0.25, 0.3) is 11.4 Å². The first kappa shape index (κ1) is 13.5. The number of aryl methyl sites for hydroxylation is 1. The smallest absolute Gasteiger partial charge is 0.202 e. The molecule has 0 unspecified atom stereocenters. The molecule has 0 saturated heterocycles. The van der Waals surface area contributed by atoms with Gasteiger partial charge in [-0.1, -0.05) is 35.8 Å². The summed E-state index contributed by atoms with van der Waals surface area (Å²) in [4.78, 5) is 4.51. The van der Waals surface area contributed by atoms with Crippen LogP contribution in [0.1, 0.15) is 19.4 Å². The topological polar surface area (TPSA) is 37.8 Å². The molecule has 96 valence electrons. The van der Waals surface area contributed by atoms with Crippen molar-refractivity contribution in [1.29, 1.82) is 0 Å². The van der Waals surface area contributed by atoms with Crippen LogP contribution in [0.4, 0.5) is 5.13 Å². The van der Waals surface area contributed by atoms with Crippen LogP contribution >= 0.6 is 27.5 Å². The minimum Gasteiger partial charge on any atom is -0.360 e. The van der Waals surface area contributed by atoms with Gasteiger partial charge in [-0.15, -0.1) is 0 Å². The van der Waals surface area contributed by atoms with E-state index in [1.54, 1.807) is 0 Å². The van der Waals surface area contributed by atoms with E-state index >= 15 is 0 Å². The molecule has 1 heterocycles. The van der Waals surface area contributed by atoms with Crippen LogP contribution in [-0.4, -0.2) is 15.9 Å². The lowest BCUT2D eigenvalue weighted by Gasteiger charge is -2.04. The molecule has 0 aliphatic carbocycles. The van der Waals surface area contributed by atoms with E-state index in [0.717, 1.165) is 27.5 Å². The molecule has 2 aromatic rings. The van der Waals surface area contributed by atoms with Crippen molar-refractivity contribution < 1.29 is 0 Å². The number of hydrogen-bond donors (Lipinski definition) is 1. The fourth-order valence-electron chi connectivity index (χ4n) is 1.50. The van der Waals surface area contributed by atoms with Crippen LogP contribution < -0.4 is 5.32 Å². The van der Waals surface area contributed by atoms with Gasteiger partial charge in [0.05, 0.1) is 0 Å². The van der Waals surface area contributed by atoms with Crippen molar-refractivity contribution in [3.63, 3.8) is 0 Å². The largest absolute Gasteiger partial charge is 0.360 e. The van der Waals surface area contributed by atoms with Gasteiger partial charge in [-0.2, -0.15) is 9.36 Å². The van der Waals surface area contributed by atoms with Crippen molar-refractivity contribution >= 4 is 32.6 Å². The minimum absolute atomic E-state index is 0.600. The Morgan fingerprint density at radius 3 is 2.83 bits per heavy atom. The number of nitrogens with one attached hydrogen (secondary N) is 1. The standard InChI is InChI=1S/C13H16BrN3S/c1-8(2)7-15-13-16-12(17-18-13)10-5-4-9(3)6-11(10)14/h4-6,8H,7H2,1-3H3,(H,15,16,17). The van der Waals surface area contributed by atoms with Crippen molar-refractivity contribution in [2.45, 2.75) is 20.8 Å². The third kappa shape index (κ3) is 3.29. The van der Waals surface area contributed by atoms with E-state index in [4.69, 9.17) is 0 Å². The Balaban J connectivity index is 2.18. The SMILES string of the molecule is Cc1ccc(-c2nsc(NCC(C)C)n2)c(Br)c1. The van der Waals surface area contributed by atoms with Gasteiger partial charge >= 0.3 is 0 Å². The Hall–Kier alpha value is -0.940. The predicted molar refractivity (Wildman–Crippen MR) is 81.1 cm³/mol. The van der Waals surface area contributed by atoms with E-state index in [2.05, 4.69) is 63.5 Å². The lowest BCUT2D eigenvalue weighted by Crippen LogP contribution is -2.07. The predicted octanol–water partition coefficient (Wildman–Crippen LogP) is 4.34. The number of rotatable bonds is 4. The Bertz CT molecular complexity index is 537. The van der Waals surface area contributed by atoms with Crippen molar-refractivity contribution in [1.82, 2.24) is 9.36 Å². The maximum absolute atomic E-state index is 4.51. The van der Waals surface area contributed by atoms with Gasteiger partial charge in [-0.05, 0) is 30.5 Å². The van der Waals surface area contributed by atoms with Crippen LogP contribution in [0.2, 0.25) is 0 Å². The van der Waals surface area contributed by atoms with Crippen molar-refractivity contribution in [3.05, 3.63) is 28.2 Å².